The molecule has 0 saturated carbocycles. The van der Waals surface area contributed by atoms with Crippen LogP contribution in [0.15, 0.2) is 53.4 Å². The maximum absolute atomic E-state index is 12.2. The Morgan fingerprint density at radius 3 is 2.26 bits per heavy atom. The Bertz CT molecular complexity index is 1100. The number of pyridine rings is 1. The molecule has 0 aliphatic rings. The van der Waals surface area contributed by atoms with Crippen LogP contribution in [0.1, 0.15) is 52.3 Å². The first kappa shape index (κ1) is 30.0. The van der Waals surface area contributed by atoms with Gasteiger partial charge < -0.3 is 10.5 Å². The van der Waals surface area contributed by atoms with Gasteiger partial charge in [0.15, 0.2) is 0 Å². The molecule has 4 nitrogen and oxygen atoms in total. The molecule has 2 aromatic carbocycles. The minimum atomic E-state index is -0.323. The number of methoxy groups -OCH3 is 1. The summed E-state index contributed by atoms with van der Waals surface area (Å²) in [5.74, 6) is 0.854. The highest BCUT2D eigenvalue weighted by molar-refractivity contribution is 7.98. The second-order valence-corrected chi connectivity index (χ2v) is 9.44. The normalized spacial score (nSPS) is 10.4. The Labute approximate surface area is 219 Å². The topological polar surface area (TPSA) is 65.2 Å². The van der Waals surface area contributed by atoms with Crippen LogP contribution >= 0.6 is 36.6 Å². The zero-order chi connectivity index (χ0) is 23.3. The Kier molecular flexibility index (Phi) is 12.1. The van der Waals surface area contributed by atoms with Crippen molar-refractivity contribution in [2.45, 2.75) is 51.3 Å². The summed E-state index contributed by atoms with van der Waals surface area (Å²) in [5.41, 5.74) is 14.8. The van der Waals surface area contributed by atoms with Crippen molar-refractivity contribution in [2.24, 2.45) is 11.7 Å². The van der Waals surface area contributed by atoms with E-state index in [0.29, 0.717) is 23.8 Å². The van der Waals surface area contributed by atoms with E-state index in [2.05, 4.69) is 52.0 Å². The van der Waals surface area contributed by atoms with Crippen LogP contribution in [0.5, 0.6) is 0 Å². The Balaban J connectivity index is 0.00000289. The summed E-state index contributed by atoms with van der Waals surface area (Å²) in [7, 11) is 1.41. The van der Waals surface area contributed by atoms with Crippen molar-refractivity contribution in [1.29, 1.82) is 0 Å². The number of benzene rings is 2. The van der Waals surface area contributed by atoms with E-state index in [0.717, 1.165) is 39.4 Å². The second kappa shape index (κ2) is 13.7. The highest BCUT2D eigenvalue weighted by atomic mass is 35.5. The summed E-state index contributed by atoms with van der Waals surface area (Å²) in [5, 5.41) is 0. The van der Waals surface area contributed by atoms with Gasteiger partial charge in [0.1, 0.15) is 0 Å². The van der Waals surface area contributed by atoms with Gasteiger partial charge in [-0.25, -0.2) is 4.79 Å². The summed E-state index contributed by atoms with van der Waals surface area (Å²) in [4.78, 5) is 18.1. The third-order valence-corrected chi connectivity index (χ3v) is 6.60. The molecule has 0 fully saturated rings. The fourth-order valence-corrected chi connectivity index (χ4v) is 5.02. The number of hydrogen-bond donors (Lipinski definition) is 1. The minimum absolute atomic E-state index is 0. The lowest BCUT2D eigenvalue weighted by Crippen LogP contribution is -2.13. The fourth-order valence-electron chi connectivity index (χ4n) is 3.89. The first-order valence-corrected chi connectivity index (χ1v) is 11.9. The molecule has 3 rings (SSSR count). The van der Waals surface area contributed by atoms with Crippen LogP contribution in [-0.4, -0.2) is 18.1 Å². The van der Waals surface area contributed by atoms with E-state index in [1.165, 1.54) is 18.2 Å². The van der Waals surface area contributed by atoms with Crippen molar-refractivity contribution in [1.82, 2.24) is 4.98 Å². The summed E-state index contributed by atoms with van der Waals surface area (Å²) < 4.78 is 4.96. The number of aromatic nitrogens is 1. The SMILES string of the molecule is COC(=O)c1ccccc1SCc1c(C)nc(CC(C)C)c(CN)c1-c1ccc(C)cc1.Cl.Cl. The largest absolute Gasteiger partial charge is 0.465 e. The highest BCUT2D eigenvalue weighted by Gasteiger charge is 2.20. The third kappa shape index (κ3) is 6.98. The number of rotatable bonds is 8. The molecular weight excluding hydrogens is 487 g/mol. The summed E-state index contributed by atoms with van der Waals surface area (Å²) in [6.07, 6.45) is 0.894. The van der Waals surface area contributed by atoms with Crippen LogP contribution in [0, 0.1) is 19.8 Å². The number of hydrogen-bond acceptors (Lipinski definition) is 5. The lowest BCUT2D eigenvalue weighted by Gasteiger charge is -2.21. The van der Waals surface area contributed by atoms with E-state index < -0.39 is 0 Å². The second-order valence-electron chi connectivity index (χ2n) is 8.42. The van der Waals surface area contributed by atoms with Gasteiger partial charge in [0, 0.05) is 28.6 Å². The molecule has 0 saturated heterocycles. The molecule has 0 aliphatic heterocycles. The molecule has 0 amide bonds. The van der Waals surface area contributed by atoms with Crippen LogP contribution in [0.2, 0.25) is 0 Å². The first-order valence-electron chi connectivity index (χ1n) is 10.9. The average molecular weight is 522 g/mol. The van der Waals surface area contributed by atoms with Gasteiger partial charge in [0.05, 0.1) is 12.7 Å². The molecule has 1 heterocycles. The van der Waals surface area contributed by atoms with E-state index in [9.17, 15) is 4.79 Å². The molecule has 0 radical (unpaired) electrons. The predicted molar refractivity (Wildman–Crippen MR) is 147 cm³/mol. The van der Waals surface area contributed by atoms with E-state index >= 15 is 0 Å². The van der Waals surface area contributed by atoms with Crippen molar-refractivity contribution in [2.75, 3.05) is 7.11 Å². The standard InChI is InChI=1S/C27H32N2O2S.2ClH/c1-17(2)14-24-22(15-28)26(20-12-10-18(3)11-13-20)23(19(4)29-24)16-32-25-9-7-6-8-21(25)27(30)31-5;;/h6-13,17H,14-16,28H2,1-5H3;2*1H. The lowest BCUT2D eigenvalue weighted by molar-refractivity contribution is 0.0597. The third-order valence-electron chi connectivity index (χ3n) is 5.50. The van der Waals surface area contributed by atoms with E-state index in [-0.39, 0.29) is 30.8 Å². The quantitative estimate of drug-likeness (QED) is 0.257. The van der Waals surface area contributed by atoms with Crippen molar-refractivity contribution in [3.05, 3.63) is 82.2 Å². The van der Waals surface area contributed by atoms with Crippen molar-refractivity contribution < 1.29 is 9.53 Å². The van der Waals surface area contributed by atoms with E-state index in [1.54, 1.807) is 17.8 Å². The molecule has 184 valence electrons. The van der Waals surface area contributed by atoms with Gasteiger partial charge in [-0.1, -0.05) is 55.8 Å². The van der Waals surface area contributed by atoms with E-state index in [1.807, 2.05) is 18.2 Å². The number of halogens is 2. The van der Waals surface area contributed by atoms with Gasteiger partial charge in [0.2, 0.25) is 0 Å². The minimum Gasteiger partial charge on any atom is -0.465 e. The number of ether oxygens (including phenoxy) is 1. The van der Waals surface area contributed by atoms with Crippen LogP contribution in [-0.2, 0) is 23.5 Å². The molecule has 2 N–H and O–H groups in total. The number of aryl methyl sites for hydroxylation is 2. The number of nitrogens with zero attached hydrogens (tertiary/aromatic N) is 1. The molecule has 0 atom stereocenters. The van der Waals surface area contributed by atoms with Gasteiger partial charge in [-0.15, -0.1) is 36.6 Å². The Hall–Kier alpha value is -2.05. The molecule has 0 bridgehead atoms. The van der Waals surface area contributed by atoms with Crippen molar-refractivity contribution >= 4 is 42.5 Å². The number of esters is 1. The number of carbonyl (C=O) groups excluding carboxylic acids is 1. The fraction of sp³-hybridized carbons (Fsp3) is 0.333. The molecule has 34 heavy (non-hydrogen) atoms. The van der Waals surface area contributed by atoms with Gasteiger partial charge in [-0.05, 0) is 60.6 Å². The molecule has 0 spiro atoms. The number of nitrogens with two attached hydrogens (primary N) is 1. The van der Waals surface area contributed by atoms with Gasteiger partial charge in [-0.2, -0.15) is 0 Å². The highest BCUT2D eigenvalue weighted by Crippen LogP contribution is 2.37. The smallest absolute Gasteiger partial charge is 0.338 e. The van der Waals surface area contributed by atoms with Crippen LogP contribution < -0.4 is 5.73 Å². The van der Waals surface area contributed by atoms with Crippen molar-refractivity contribution in [3.63, 3.8) is 0 Å². The monoisotopic (exact) mass is 520 g/mol. The maximum atomic E-state index is 12.2. The molecule has 0 aliphatic carbocycles. The lowest BCUT2D eigenvalue weighted by atomic mass is 9.90. The Morgan fingerprint density at radius 1 is 1.03 bits per heavy atom. The van der Waals surface area contributed by atoms with Crippen molar-refractivity contribution in [3.8, 4) is 11.1 Å². The maximum Gasteiger partial charge on any atom is 0.338 e. The molecule has 0 unspecified atom stereocenters. The van der Waals surface area contributed by atoms with E-state index in [4.69, 9.17) is 15.5 Å². The average Bonchev–Trinajstić information content (AvgIpc) is 2.78. The number of carbonyl (C=O) groups is 1. The zero-order valence-electron chi connectivity index (χ0n) is 20.4. The summed E-state index contributed by atoms with van der Waals surface area (Å²) in [6, 6.07) is 16.2. The molecule has 7 heteroatoms. The van der Waals surface area contributed by atoms with Gasteiger partial charge >= 0.3 is 5.97 Å². The number of thioether (sulfide) groups is 1. The molecule has 3 aromatic rings. The van der Waals surface area contributed by atoms with Crippen LogP contribution in [0.4, 0.5) is 0 Å². The van der Waals surface area contributed by atoms with Gasteiger partial charge in [0.25, 0.3) is 0 Å². The molecular formula is C27H34Cl2N2O2S. The summed E-state index contributed by atoms with van der Waals surface area (Å²) in [6.45, 7) is 9.02. The first-order chi connectivity index (χ1) is 15.3. The summed E-state index contributed by atoms with van der Waals surface area (Å²) >= 11 is 1.63. The predicted octanol–water partition coefficient (Wildman–Crippen LogP) is 6.95. The Morgan fingerprint density at radius 2 is 1.68 bits per heavy atom. The van der Waals surface area contributed by atoms with Crippen LogP contribution in [0.3, 0.4) is 0 Å². The van der Waals surface area contributed by atoms with Gasteiger partial charge in [-0.3, -0.25) is 4.98 Å². The van der Waals surface area contributed by atoms with Crippen LogP contribution in [0.25, 0.3) is 11.1 Å². The zero-order valence-corrected chi connectivity index (χ0v) is 22.8. The molecule has 1 aromatic heterocycles.